The van der Waals surface area contributed by atoms with Crippen molar-refractivity contribution in [3.63, 3.8) is 0 Å². The van der Waals surface area contributed by atoms with Gasteiger partial charge in [0.05, 0.1) is 22.2 Å². The van der Waals surface area contributed by atoms with Gasteiger partial charge in [0.2, 0.25) is 4.21 Å². The van der Waals surface area contributed by atoms with E-state index in [1.54, 1.807) is 0 Å². The van der Waals surface area contributed by atoms with E-state index in [2.05, 4.69) is 4.72 Å². The van der Waals surface area contributed by atoms with Crippen molar-refractivity contribution in [2.24, 2.45) is 0 Å². The van der Waals surface area contributed by atoms with Gasteiger partial charge >= 0.3 is 11.9 Å². The predicted molar refractivity (Wildman–Crippen MR) is 136 cm³/mol. The maximum atomic E-state index is 13.5. The number of likely N-dealkylation sites (N-methyl/N-ethyl adjacent to an activating group) is 1. The minimum absolute atomic E-state index is 0.00890. The Morgan fingerprint density at radius 3 is 2.49 bits per heavy atom. The fraction of sp³-hybridized carbons (Fsp3) is 0.273. The molecule has 0 saturated carbocycles. The van der Waals surface area contributed by atoms with Crippen molar-refractivity contribution in [2.75, 3.05) is 24.9 Å². The molecule has 2 heterocycles. The number of nitrogens with one attached hydrogen (secondary N) is 1. The molecule has 1 aromatic heterocycles. The minimum atomic E-state index is -4.65. The van der Waals surface area contributed by atoms with Crippen molar-refractivity contribution < 1.29 is 32.1 Å². The average molecular weight is 596 g/mol. The molecule has 2 aromatic carbocycles. The number of benzene rings is 2. The Hall–Kier alpha value is -2.42. The van der Waals surface area contributed by atoms with Gasteiger partial charge in [-0.15, -0.1) is 0 Å². The van der Waals surface area contributed by atoms with Gasteiger partial charge in [-0.25, -0.2) is 4.72 Å². The van der Waals surface area contributed by atoms with Gasteiger partial charge < -0.3 is 18.9 Å². The summed E-state index contributed by atoms with van der Waals surface area (Å²) in [5.74, 6) is -0.261. The molecule has 1 unspecified atom stereocenters. The van der Waals surface area contributed by atoms with E-state index in [0.29, 0.717) is 19.5 Å². The van der Waals surface area contributed by atoms with E-state index in [1.165, 1.54) is 18.2 Å². The van der Waals surface area contributed by atoms with Gasteiger partial charge in [0.1, 0.15) is 29.0 Å². The highest BCUT2D eigenvalue weighted by atomic mass is 35.5. The van der Waals surface area contributed by atoms with E-state index in [9.17, 15) is 27.8 Å². The van der Waals surface area contributed by atoms with Gasteiger partial charge in [-0.2, -0.15) is 13.2 Å². The lowest BCUT2D eigenvalue weighted by Gasteiger charge is -2.19. The van der Waals surface area contributed by atoms with Crippen molar-refractivity contribution >= 4 is 57.3 Å². The third-order valence-electron chi connectivity index (χ3n) is 5.22. The Bertz CT molecular complexity index is 1290. The molecule has 1 N–H and O–H groups in total. The summed E-state index contributed by atoms with van der Waals surface area (Å²) >= 11 is 10.5. The Kier molecular flexibility index (Phi) is 8.31. The summed E-state index contributed by atoms with van der Waals surface area (Å²) in [7, 11) is 1.84. The molecule has 37 heavy (non-hydrogen) atoms. The van der Waals surface area contributed by atoms with Crippen molar-refractivity contribution in [1.82, 2.24) is 4.90 Å². The third-order valence-corrected chi connectivity index (χ3v) is 8.06. The lowest BCUT2D eigenvalue weighted by Crippen LogP contribution is -2.23. The molecule has 1 aliphatic rings. The van der Waals surface area contributed by atoms with Gasteiger partial charge in [0.15, 0.2) is 0 Å². The summed E-state index contributed by atoms with van der Waals surface area (Å²) in [5, 5.41) is 11.9. The molecule has 0 bridgehead atoms. The molecule has 4 rings (SSSR count). The summed E-state index contributed by atoms with van der Waals surface area (Å²) in [6, 6.07) is 8.38. The average Bonchev–Trinajstić information content (AvgIpc) is 3.38. The Morgan fingerprint density at radius 2 is 1.89 bits per heavy atom. The number of likely N-dealkylation sites (tertiary alicyclic amines) is 1. The van der Waals surface area contributed by atoms with Crippen LogP contribution in [0.1, 0.15) is 12.0 Å². The second-order valence-corrected chi connectivity index (χ2v) is 11.4. The van der Waals surface area contributed by atoms with E-state index < -0.39 is 45.6 Å². The van der Waals surface area contributed by atoms with Crippen molar-refractivity contribution in [3.8, 4) is 16.6 Å². The maximum Gasteiger partial charge on any atom is 0.419 e. The van der Waals surface area contributed by atoms with Crippen molar-refractivity contribution in [1.29, 1.82) is 0 Å². The van der Waals surface area contributed by atoms with Gasteiger partial charge in [0, 0.05) is 29.2 Å². The molecule has 1 fully saturated rings. The number of ether oxygens (including phenoxy) is 2. The first-order valence-corrected chi connectivity index (χ1v) is 13.3. The van der Waals surface area contributed by atoms with Crippen LogP contribution in [-0.4, -0.2) is 40.6 Å². The quantitative estimate of drug-likeness (QED) is 0.170. The van der Waals surface area contributed by atoms with Crippen LogP contribution in [0.4, 0.5) is 24.5 Å². The number of alkyl halides is 3. The van der Waals surface area contributed by atoms with Crippen LogP contribution in [0.5, 0.6) is 16.6 Å². The monoisotopic (exact) mass is 595 g/mol. The summed E-state index contributed by atoms with van der Waals surface area (Å²) < 4.78 is 67.4. The van der Waals surface area contributed by atoms with Crippen LogP contribution in [0.15, 0.2) is 46.7 Å². The Labute approximate surface area is 226 Å². The third kappa shape index (κ3) is 6.92. The molecule has 0 spiro atoms. The molecule has 198 valence electrons. The number of hydrogen-bond acceptors (Lipinski definition) is 8. The molecular formula is C22H18Cl2F3N3O5S2. The first-order chi connectivity index (χ1) is 17.4. The smallest absolute Gasteiger partial charge is 0.419 e. The number of nitrogens with zero attached hydrogens (tertiary/aromatic N) is 2. The van der Waals surface area contributed by atoms with Crippen LogP contribution in [0.25, 0.3) is 0 Å². The predicted octanol–water partition coefficient (Wildman–Crippen LogP) is 6.99. The fourth-order valence-electron chi connectivity index (χ4n) is 3.58. The van der Waals surface area contributed by atoms with Gasteiger partial charge in [0.25, 0.3) is 5.06 Å². The lowest BCUT2D eigenvalue weighted by atomic mass is 10.1. The zero-order valence-electron chi connectivity index (χ0n) is 18.9. The van der Waals surface area contributed by atoms with E-state index in [-0.39, 0.29) is 30.8 Å². The van der Waals surface area contributed by atoms with E-state index in [1.807, 2.05) is 11.9 Å². The normalized spacial score (nSPS) is 17.0. The van der Waals surface area contributed by atoms with E-state index in [4.69, 9.17) is 32.7 Å². The van der Waals surface area contributed by atoms with Crippen LogP contribution in [-0.2, 0) is 17.5 Å². The van der Waals surface area contributed by atoms with Crippen LogP contribution in [0.3, 0.4) is 0 Å². The maximum absolute atomic E-state index is 13.5. The molecule has 3 aromatic rings. The number of nitro groups is 1. The summed E-state index contributed by atoms with van der Waals surface area (Å²) in [6.07, 6.45) is -4.51. The summed E-state index contributed by atoms with van der Waals surface area (Å²) in [6.45, 7) is 1.16. The SMILES string of the molecule is CN1CC[C@@H](Oc2cc(N[S+]([O-])c3cc([N+](=O)[O-])c(Oc4cc(Cl)cc(Cl)c4)s3)ccc2C(F)(F)F)C1. The first kappa shape index (κ1) is 27.6. The second-order valence-electron chi connectivity index (χ2n) is 8.07. The summed E-state index contributed by atoms with van der Waals surface area (Å²) in [4.78, 5) is 12.8. The molecule has 0 aliphatic carbocycles. The highest BCUT2D eigenvalue weighted by Crippen LogP contribution is 2.44. The van der Waals surface area contributed by atoms with Gasteiger partial charge in [-0.05, 0) is 55.1 Å². The molecule has 2 atom stereocenters. The molecule has 0 amide bonds. The first-order valence-electron chi connectivity index (χ1n) is 10.6. The molecule has 1 aliphatic heterocycles. The van der Waals surface area contributed by atoms with Crippen LogP contribution in [0.2, 0.25) is 10.0 Å². The fourth-order valence-corrected chi connectivity index (χ4v) is 6.13. The molecule has 8 nitrogen and oxygen atoms in total. The summed E-state index contributed by atoms with van der Waals surface area (Å²) in [5.41, 5.74) is -1.33. The van der Waals surface area contributed by atoms with Crippen LogP contribution >= 0.6 is 34.5 Å². The highest BCUT2D eigenvalue weighted by molar-refractivity contribution is 7.94. The number of rotatable bonds is 8. The Morgan fingerprint density at radius 1 is 1.19 bits per heavy atom. The number of thiophene rings is 1. The molecule has 1 saturated heterocycles. The number of hydrogen-bond donors (Lipinski definition) is 1. The van der Waals surface area contributed by atoms with Crippen LogP contribution < -0.4 is 14.2 Å². The largest absolute Gasteiger partial charge is 0.587 e. The second kappa shape index (κ2) is 11.1. The lowest BCUT2D eigenvalue weighted by molar-refractivity contribution is -0.385. The van der Waals surface area contributed by atoms with Crippen LogP contribution in [0, 0.1) is 10.1 Å². The van der Waals surface area contributed by atoms with Gasteiger partial charge in [-0.1, -0.05) is 23.2 Å². The standard InChI is InChI=1S/C22H18Cl2F3N3O5S2/c1-29-5-4-15(11-29)34-19-9-14(2-3-17(19)22(25,26)27)28-37(33)20-10-18(30(31)32)21(36-20)35-16-7-12(23)6-13(24)8-16/h2-3,6-10,15,28H,4-5,11H2,1H3/t15-,37?/m1/s1. The number of anilines is 1. The molecule has 15 heteroatoms. The zero-order valence-corrected chi connectivity index (χ0v) is 22.0. The van der Waals surface area contributed by atoms with E-state index in [0.717, 1.165) is 35.6 Å². The zero-order chi connectivity index (χ0) is 26.9. The van der Waals surface area contributed by atoms with Gasteiger partial charge in [-0.3, -0.25) is 10.1 Å². The molecular weight excluding hydrogens is 578 g/mol. The van der Waals surface area contributed by atoms with Crippen molar-refractivity contribution in [2.45, 2.75) is 22.9 Å². The number of halogens is 5. The van der Waals surface area contributed by atoms with Crippen molar-refractivity contribution in [3.05, 3.63) is 68.2 Å². The topological polar surface area (TPSA) is 99.9 Å². The Balaban J connectivity index is 1.57. The highest BCUT2D eigenvalue weighted by Gasteiger charge is 2.36. The minimum Gasteiger partial charge on any atom is -0.587 e. The molecule has 0 radical (unpaired) electrons. The van der Waals surface area contributed by atoms with E-state index >= 15 is 0 Å².